The zero-order valence-electron chi connectivity index (χ0n) is 12.5. The molecule has 0 atom stereocenters. The molecule has 0 unspecified atom stereocenters. The highest BCUT2D eigenvalue weighted by Crippen LogP contribution is 2.27. The van der Waals surface area contributed by atoms with Gasteiger partial charge >= 0.3 is 0 Å². The summed E-state index contributed by atoms with van der Waals surface area (Å²) in [6, 6.07) is 17.7. The average Bonchev–Trinajstić information content (AvgIpc) is 2.56. The fourth-order valence-corrected chi connectivity index (χ4v) is 3.23. The van der Waals surface area contributed by atoms with Crippen LogP contribution in [0.2, 0.25) is 0 Å². The second-order valence-corrected chi connectivity index (χ2v) is 6.29. The van der Waals surface area contributed by atoms with E-state index in [2.05, 4.69) is 65.0 Å². The van der Waals surface area contributed by atoms with Gasteiger partial charge in [-0.05, 0) is 35.1 Å². The van der Waals surface area contributed by atoms with E-state index in [0.29, 0.717) is 0 Å². The number of nitrogens with zero attached hydrogens (tertiary/aromatic N) is 1. The Hall–Kier alpha value is -1.29. The van der Waals surface area contributed by atoms with Gasteiger partial charge in [-0.15, -0.1) is 11.8 Å². The third-order valence-corrected chi connectivity index (χ3v) is 4.77. The number of rotatable bonds is 4. The van der Waals surface area contributed by atoms with Crippen molar-refractivity contribution in [1.29, 1.82) is 0 Å². The molecule has 0 bridgehead atoms. The van der Waals surface area contributed by atoms with Gasteiger partial charge in [0.2, 0.25) is 0 Å². The summed E-state index contributed by atoms with van der Waals surface area (Å²) < 4.78 is 0. The van der Waals surface area contributed by atoms with Crippen molar-refractivity contribution in [2.75, 3.05) is 32.4 Å². The Morgan fingerprint density at radius 1 is 1.00 bits per heavy atom. The molecule has 1 aliphatic heterocycles. The molecule has 1 aliphatic rings. The Labute approximate surface area is 131 Å². The molecule has 21 heavy (non-hydrogen) atoms. The van der Waals surface area contributed by atoms with Gasteiger partial charge in [-0.3, -0.25) is 4.90 Å². The predicted octanol–water partition coefficient (Wildman–Crippen LogP) is 3.48. The van der Waals surface area contributed by atoms with Crippen LogP contribution in [0.4, 0.5) is 0 Å². The Bertz CT molecular complexity index is 574. The summed E-state index contributed by atoms with van der Waals surface area (Å²) in [5, 5.41) is 3.42. The monoisotopic (exact) mass is 298 g/mol. The molecule has 2 aromatic rings. The summed E-state index contributed by atoms with van der Waals surface area (Å²) in [6.07, 6.45) is 2.12. The molecular weight excluding hydrogens is 276 g/mol. The van der Waals surface area contributed by atoms with E-state index < -0.39 is 0 Å². The van der Waals surface area contributed by atoms with Crippen LogP contribution in [0.15, 0.2) is 53.4 Å². The predicted molar refractivity (Wildman–Crippen MR) is 91.8 cm³/mol. The van der Waals surface area contributed by atoms with Crippen molar-refractivity contribution in [2.45, 2.75) is 11.4 Å². The first-order valence-electron chi connectivity index (χ1n) is 7.52. The highest BCUT2D eigenvalue weighted by Gasteiger charge is 2.12. The normalized spacial score (nSPS) is 16.0. The van der Waals surface area contributed by atoms with Crippen molar-refractivity contribution < 1.29 is 0 Å². The molecule has 3 heteroatoms. The molecule has 0 spiro atoms. The van der Waals surface area contributed by atoms with E-state index in [1.807, 2.05) is 0 Å². The zero-order valence-corrected chi connectivity index (χ0v) is 13.3. The first kappa shape index (κ1) is 14.6. The lowest BCUT2D eigenvalue weighted by molar-refractivity contribution is 0.233. The molecule has 2 aromatic carbocycles. The Balaban J connectivity index is 1.83. The lowest BCUT2D eigenvalue weighted by Gasteiger charge is -2.28. The fraction of sp³-hybridized carbons (Fsp3) is 0.333. The third kappa shape index (κ3) is 3.67. The number of piperazine rings is 1. The minimum absolute atomic E-state index is 1.04. The molecule has 0 saturated carbocycles. The highest BCUT2D eigenvalue weighted by atomic mass is 32.2. The summed E-state index contributed by atoms with van der Waals surface area (Å²) in [4.78, 5) is 3.85. The van der Waals surface area contributed by atoms with Gasteiger partial charge in [0.05, 0.1) is 0 Å². The number of nitrogens with one attached hydrogen (secondary N) is 1. The summed E-state index contributed by atoms with van der Waals surface area (Å²) in [5.41, 5.74) is 4.11. The maximum absolute atomic E-state index is 3.42. The number of hydrogen-bond donors (Lipinski definition) is 1. The van der Waals surface area contributed by atoms with Crippen LogP contribution in [0, 0.1) is 0 Å². The molecule has 1 saturated heterocycles. The van der Waals surface area contributed by atoms with Crippen molar-refractivity contribution in [3.8, 4) is 11.1 Å². The molecule has 0 aliphatic carbocycles. The second kappa shape index (κ2) is 7.12. The smallest absolute Gasteiger partial charge is 0.0240 e. The van der Waals surface area contributed by atoms with Crippen LogP contribution >= 0.6 is 11.8 Å². The first-order valence-corrected chi connectivity index (χ1v) is 8.75. The van der Waals surface area contributed by atoms with Crippen LogP contribution in [0.5, 0.6) is 0 Å². The van der Waals surface area contributed by atoms with Crippen LogP contribution in [0.25, 0.3) is 11.1 Å². The summed E-state index contributed by atoms with van der Waals surface area (Å²) in [6.45, 7) is 5.52. The van der Waals surface area contributed by atoms with Crippen LogP contribution in [-0.2, 0) is 6.54 Å². The van der Waals surface area contributed by atoms with E-state index in [1.165, 1.54) is 21.6 Å². The Kier molecular flexibility index (Phi) is 4.96. The van der Waals surface area contributed by atoms with E-state index in [9.17, 15) is 0 Å². The molecule has 1 heterocycles. The van der Waals surface area contributed by atoms with E-state index in [1.54, 1.807) is 11.8 Å². The van der Waals surface area contributed by atoms with Gasteiger partial charge in [0.25, 0.3) is 0 Å². The molecule has 2 nitrogen and oxygen atoms in total. The van der Waals surface area contributed by atoms with Crippen molar-refractivity contribution >= 4 is 11.8 Å². The van der Waals surface area contributed by atoms with E-state index in [-0.39, 0.29) is 0 Å². The SMILES string of the molecule is CSc1ccc(-c2ccccc2CN2CCNCC2)cc1. The maximum Gasteiger partial charge on any atom is 0.0240 e. The molecule has 110 valence electrons. The lowest BCUT2D eigenvalue weighted by atomic mass is 9.99. The zero-order chi connectivity index (χ0) is 14.5. The highest BCUT2D eigenvalue weighted by molar-refractivity contribution is 7.98. The summed E-state index contributed by atoms with van der Waals surface area (Å²) >= 11 is 1.79. The van der Waals surface area contributed by atoms with Crippen molar-refractivity contribution in [3.63, 3.8) is 0 Å². The van der Waals surface area contributed by atoms with Gasteiger partial charge in [-0.25, -0.2) is 0 Å². The molecule has 3 rings (SSSR count). The molecular formula is C18H22N2S. The quantitative estimate of drug-likeness (QED) is 0.870. The van der Waals surface area contributed by atoms with E-state index >= 15 is 0 Å². The standard InChI is InChI=1S/C18H22N2S/c1-21-17-8-6-15(7-9-17)18-5-3-2-4-16(18)14-20-12-10-19-11-13-20/h2-9,19H,10-14H2,1H3. The second-order valence-electron chi connectivity index (χ2n) is 5.41. The van der Waals surface area contributed by atoms with Gasteiger partial charge < -0.3 is 5.32 Å². The largest absolute Gasteiger partial charge is 0.314 e. The number of hydrogen-bond acceptors (Lipinski definition) is 3. The molecule has 0 amide bonds. The van der Waals surface area contributed by atoms with Gasteiger partial charge in [0, 0.05) is 37.6 Å². The van der Waals surface area contributed by atoms with Gasteiger partial charge in [-0.2, -0.15) is 0 Å². The van der Waals surface area contributed by atoms with Crippen LogP contribution < -0.4 is 5.32 Å². The van der Waals surface area contributed by atoms with Crippen LogP contribution in [0.1, 0.15) is 5.56 Å². The van der Waals surface area contributed by atoms with E-state index in [0.717, 1.165) is 32.7 Å². The van der Waals surface area contributed by atoms with Gasteiger partial charge in [0.15, 0.2) is 0 Å². The molecule has 1 fully saturated rings. The van der Waals surface area contributed by atoms with Crippen molar-refractivity contribution in [1.82, 2.24) is 10.2 Å². The topological polar surface area (TPSA) is 15.3 Å². The minimum Gasteiger partial charge on any atom is -0.314 e. The Morgan fingerprint density at radius 3 is 2.43 bits per heavy atom. The molecule has 1 N–H and O–H groups in total. The van der Waals surface area contributed by atoms with Crippen molar-refractivity contribution in [3.05, 3.63) is 54.1 Å². The number of thioether (sulfide) groups is 1. The average molecular weight is 298 g/mol. The van der Waals surface area contributed by atoms with Crippen LogP contribution in [0.3, 0.4) is 0 Å². The summed E-state index contributed by atoms with van der Waals surface area (Å²) in [5.74, 6) is 0. The number of benzene rings is 2. The van der Waals surface area contributed by atoms with E-state index in [4.69, 9.17) is 0 Å². The minimum atomic E-state index is 1.04. The van der Waals surface area contributed by atoms with Gasteiger partial charge in [-0.1, -0.05) is 36.4 Å². The van der Waals surface area contributed by atoms with Crippen molar-refractivity contribution in [2.24, 2.45) is 0 Å². The Morgan fingerprint density at radius 2 is 1.71 bits per heavy atom. The maximum atomic E-state index is 3.42. The fourth-order valence-electron chi connectivity index (χ4n) is 2.82. The first-order chi connectivity index (χ1) is 10.4. The summed E-state index contributed by atoms with van der Waals surface area (Å²) in [7, 11) is 0. The van der Waals surface area contributed by atoms with Gasteiger partial charge in [0.1, 0.15) is 0 Å². The lowest BCUT2D eigenvalue weighted by Crippen LogP contribution is -2.42. The molecule has 0 radical (unpaired) electrons. The third-order valence-electron chi connectivity index (χ3n) is 4.02. The van der Waals surface area contributed by atoms with Crippen LogP contribution in [-0.4, -0.2) is 37.3 Å². The molecule has 0 aromatic heterocycles.